The molecule has 1 aromatic heterocycles. The Morgan fingerprint density at radius 2 is 1.74 bits per heavy atom. The summed E-state index contributed by atoms with van der Waals surface area (Å²) < 4.78 is 34.0. The maximum absolute atomic E-state index is 14.1. The summed E-state index contributed by atoms with van der Waals surface area (Å²) in [6.07, 6.45) is 5.54. The highest BCUT2D eigenvalue weighted by molar-refractivity contribution is 6.02. The fraction of sp³-hybridized carbons (Fsp3) is 0.345. The maximum atomic E-state index is 14.1. The summed E-state index contributed by atoms with van der Waals surface area (Å²) >= 11 is 0. The predicted octanol–water partition coefficient (Wildman–Crippen LogP) is 4.36. The summed E-state index contributed by atoms with van der Waals surface area (Å²) in [6, 6.07) is 11.8. The summed E-state index contributed by atoms with van der Waals surface area (Å²) in [5, 5.41) is 0. The highest BCUT2D eigenvalue weighted by Crippen LogP contribution is 2.44. The molecule has 0 bridgehead atoms. The molecule has 1 atom stereocenters. The van der Waals surface area contributed by atoms with Gasteiger partial charge in [-0.25, -0.2) is 13.6 Å². The van der Waals surface area contributed by atoms with Crippen molar-refractivity contribution in [1.82, 2.24) is 19.7 Å². The topological polar surface area (TPSA) is 66.0 Å². The standard InChI is InChI=1S/C29H28F2N4O3/c1-33-17-26(36)35(28(33)37)27(21-6-7-24(30)25(31)14-21)20-4-2-19(3-5-20)16-34-12-9-29(10-13-34)23-15-32-11-8-22(23)18-38-29/h2-8,11,14-15,27H,9-10,12-13,16-18H2,1H3. The molecule has 0 radical (unpaired) electrons. The fourth-order valence-corrected chi connectivity index (χ4v) is 5.87. The SMILES string of the molecule is CN1CC(=O)N(C(c2ccc(CN3CCC4(CC3)OCc3ccncc34)cc2)c2ccc(F)c(F)c2)C1=O. The number of nitrogens with zero attached hydrogens (tertiary/aromatic N) is 4. The van der Waals surface area contributed by atoms with Gasteiger partial charge in [0.05, 0.1) is 18.2 Å². The molecule has 3 aliphatic heterocycles. The number of carbonyl (C=O) groups excluding carboxylic acids is 2. The molecular weight excluding hydrogens is 490 g/mol. The highest BCUT2D eigenvalue weighted by atomic mass is 19.2. The number of fused-ring (bicyclic) bond motifs is 2. The van der Waals surface area contributed by atoms with E-state index in [1.165, 1.54) is 22.1 Å². The first-order valence-electron chi connectivity index (χ1n) is 12.8. The van der Waals surface area contributed by atoms with Crippen LogP contribution in [0.1, 0.15) is 46.7 Å². The van der Waals surface area contributed by atoms with E-state index in [0.717, 1.165) is 55.1 Å². The number of hydrogen-bond donors (Lipinski definition) is 0. The molecule has 7 nitrogen and oxygen atoms in total. The van der Waals surface area contributed by atoms with Gasteiger partial charge in [0, 0.05) is 44.6 Å². The van der Waals surface area contributed by atoms with Crippen LogP contribution in [0.2, 0.25) is 0 Å². The quantitative estimate of drug-likeness (QED) is 0.470. The molecule has 1 spiro atoms. The number of imide groups is 1. The summed E-state index contributed by atoms with van der Waals surface area (Å²) in [5.41, 5.74) is 4.26. The largest absolute Gasteiger partial charge is 0.365 e. The van der Waals surface area contributed by atoms with Crippen LogP contribution >= 0.6 is 0 Å². The predicted molar refractivity (Wildman–Crippen MR) is 135 cm³/mol. The van der Waals surface area contributed by atoms with Gasteiger partial charge >= 0.3 is 6.03 Å². The van der Waals surface area contributed by atoms with Gasteiger partial charge in [-0.05, 0) is 53.3 Å². The summed E-state index contributed by atoms with van der Waals surface area (Å²) in [5.74, 6) is -2.39. The molecule has 0 aliphatic carbocycles. The third-order valence-electron chi connectivity index (χ3n) is 7.96. The monoisotopic (exact) mass is 518 g/mol. The number of aromatic nitrogens is 1. The number of likely N-dealkylation sites (N-methyl/N-ethyl adjacent to an activating group) is 1. The number of halogens is 2. The molecule has 6 rings (SSSR count). The van der Waals surface area contributed by atoms with Crippen LogP contribution < -0.4 is 0 Å². The van der Waals surface area contributed by atoms with E-state index in [1.807, 2.05) is 42.7 Å². The third-order valence-corrected chi connectivity index (χ3v) is 7.96. The van der Waals surface area contributed by atoms with Crippen LogP contribution in [0.3, 0.4) is 0 Å². The molecule has 3 aliphatic rings. The van der Waals surface area contributed by atoms with Crippen molar-refractivity contribution in [1.29, 1.82) is 0 Å². The molecule has 0 saturated carbocycles. The van der Waals surface area contributed by atoms with E-state index in [9.17, 15) is 18.4 Å². The van der Waals surface area contributed by atoms with Crippen molar-refractivity contribution in [3.8, 4) is 0 Å². The lowest BCUT2D eigenvalue weighted by Crippen LogP contribution is -2.42. The summed E-state index contributed by atoms with van der Waals surface area (Å²) in [7, 11) is 1.54. The van der Waals surface area contributed by atoms with Crippen LogP contribution in [0.5, 0.6) is 0 Å². The number of benzene rings is 2. The summed E-state index contributed by atoms with van der Waals surface area (Å²) in [6.45, 7) is 3.10. The minimum atomic E-state index is -1.02. The van der Waals surface area contributed by atoms with Crippen molar-refractivity contribution >= 4 is 11.9 Å². The van der Waals surface area contributed by atoms with E-state index in [0.29, 0.717) is 17.7 Å². The second-order valence-electron chi connectivity index (χ2n) is 10.3. The van der Waals surface area contributed by atoms with E-state index < -0.39 is 23.7 Å². The van der Waals surface area contributed by atoms with E-state index in [4.69, 9.17) is 4.74 Å². The minimum Gasteiger partial charge on any atom is -0.365 e. The number of amides is 3. The Kier molecular flexibility index (Phi) is 6.20. The maximum Gasteiger partial charge on any atom is 0.327 e. The molecular formula is C29H28F2N4O3. The highest BCUT2D eigenvalue weighted by Gasteiger charge is 2.43. The van der Waals surface area contributed by atoms with E-state index >= 15 is 0 Å². The Hall–Kier alpha value is -3.69. The van der Waals surface area contributed by atoms with Crippen LogP contribution in [0, 0.1) is 11.6 Å². The van der Waals surface area contributed by atoms with Crippen LogP contribution in [0.15, 0.2) is 60.9 Å². The zero-order valence-electron chi connectivity index (χ0n) is 21.1. The lowest BCUT2D eigenvalue weighted by Gasteiger charge is -2.39. The van der Waals surface area contributed by atoms with Gasteiger partial charge in [0.2, 0.25) is 0 Å². The van der Waals surface area contributed by atoms with Gasteiger partial charge in [-0.1, -0.05) is 30.3 Å². The average Bonchev–Trinajstić information content (AvgIpc) is 3.40. The summed E-state index contributed by atoms with van der Waals surface area (Å²) in [4.78, 5) is 34.7. The molecule has 3 amide bonds. The number of rotatable bonds is 5. The first-order valence-corrected chi connectivity index (χ1v) is 12.8. The van der Waals surface area contributed by atoms with Crippen LogP contribution in [0.25, 0.3) is 0 Å². The van der Waals surface area contributed by atoms with Crippen molar-refractivity contribution in [2.45, 2.75) is 37.6 Å². The van der Waals surface area contributed by atoms with Crippen molar-refractivity contribution in [3.63, 3.8) is 0 Å². The van der Waals surface area contributed by atoms with Gasteiger partial charge < -0.3 is 9.64 Å². The molecule has 9 heteroatoms. The lowest BCUT2D eigenvalue weighted by molar-refractivity contribution is -0.126. The number of carbonyl (C=O) groups is 2. The zero-order chi connectivity index (χ0) is 26.4. The van der Waals surface area contributed by atoms with E-state index in [1.54, 1.807) is 7.05 Å². The van der Waals surface area contributed by atoms with Gasteiger partial charge in [-0.2, -0.15) is 0 Å². The molecule has 1 unspecified atom stereocenters. The van der Waals surface area contributed by atoms with Crippen molar-refractivity contribution in [3.05, 3.63) is 100 Å². The Labute approximate surface area is 219 Å². The van der Waals surface area contributed by atoms with Gasteiger partial charge in [0.15, 0.2) is 11.6 Å². The van der Waals surface area contributed by atoms with Gasteiger partial charge in [-0.15, -0.1) is 0 Å². The molecule has 38 heavy (non-hydrogen) atoms. The lowest BCUT2D eigenvalue weighted by atomic mass is 9.84. The molecule has 2 saturated heterocycles. The Morgan fingerprint density at radius 1 is 1.00 bits per heavy atom. The molecule has 4 heterocycles. The Morgan fingerprint density at radius 3 is 2.42 bits per heavy atom. The number of ether oxygens (including phenoxy) is 1. The number of likely N-dealkylation sites (tertiary alicyclic amines) is 1. The number of pyridine rings is 1. The second kappa shape index (κ2) is 9.56. The van der Waals surface area contributed by atoms with Gasteiger partial charge in [0.1, 0.15) is 6.54 Å². The van der Waals surface area contributed by atoms with Crippen molar-refractivity contribution in [2.24, 2.45) is 0 Å². The van der Waals surface area contributed by atoms with E-state index in [2.05, 4.69) is 9.88 Å². The zero-order valence-corrected chi connectivity index (χ0v) is 21.1. The first-order chi connectivity index (χ1) is 18.3. The number of hydrogen-bond acceptors (Lipinski definition) is 5. The number of piperidine rings is 1. The fourth-order valence-electron chi connectivity index (χ4n) is 5.87. The smallest absolute Gasteiger partial charge is 0.327 e. The van der Waals surface area contributed by atoms with Crippen molar-refractivity contribution < 1.29 is 23.1 Å². The van der Waals surface area contributed by atoms with Crippen LogP contribution in [-0.2, 0) is 28.3 Å². The average molecular weight is 519 g/mol. The molecule has 0 N–H and O–H groups in total. The van der Waals surface area contributed by atoms with Crippen LogP contribution in [-0.4, -0.2) is 58.3 Å². The van der Waals surface area contributed by atoms with Gasteiger partial charge in [-0.3, -0.25) is 19.6 Å². The number of urea groups is 1. The Bertz CT molecular complexity index is 1390. The molecule has 2 fully saturated rings. The second-order valence-corrected chi connectivity index (χ2v) is 10.3. The van der Waals surface area contributed by atoms with E-state index in [-0.39, 0.29) is 18.1 Å². The third kappa shape index (κ3) is 4.25. The van der Waals surface area contributed by atoms with Gasteiger partial charge in [0.25, 0.3) is 5.91 Å². The molecule has 3 aromatic rings. The van der Waals surface area contributed by atoms with Crippen molar-refractivity contribution in [2.75, 3.05) is 26.7 Å². The molecule has 196 valence electrons. The normalized spacial score (nSPS) is 19.9. The minimum absolute atomic E-state index is 0.0577. The Balaban J connectivity index is 1.20. The van der Waals surface area contributed by atoms with Crippen LogP contribution in [0.4, 0.5) is 13.6 Å². The first kappa shape index (κ1) is 24.6. The molecule has 2 aromatic carbocycles.